The van der Waals surface area contributed by atoms with Crippen molar-refractivity contribution >= 4 is 27.8 Å². The number of para-hydroxylation sites is 2. The fourth-order valence-corrected chi connectivity index (χ4v) is 2.71. The largest absolute Gasteiger partial charge is 0.481 e. The van der Waals surface area contributed by atoms with Gasteiger partial charge in [-0.1, -0.05) is 36.4 Å². The lowest BCUT2D eigenvalue weighted by Gasteiger charge is -1.95. The molecule has 0 spiro atoms. The van der Waals surface area contributed by atoms with E-state index in [-0.39, 0.29) is 6.42 Å². The highest BCUT2D eigenvalue weighted by molar-refractivity contribution is 5.88. The van der Waals surface area contributed by atoms with Gasteiger partial charge in [0.15, 0.2) is 0 Å². The molecule has 4 nitrogen and oxygen atoms in total. The molecule has 3 N–H and O–H groups in total. The number of carbonyl (C=O) groups is 1. The number of hydrogen-bond donors (Lipinski definition) is 3. The van der Waals surface area contributed by atoms with Crippen LogP contribution in [0, 0.1) is 6.92 Å². The Balaban J connectivity index is 0.000000149. The molecule has 4 heteroatoms. The third-order valence-electron chi connectivity index (χ3n) is 3.82. The molecule has 23 heavy (non-hydrogen) atoms. The van der Waals surface area contributed by atoms with Crippen LogP contribution in [0.5, 0.6) is 0 Å². The summed E-state index contributed by atoms with van der Waals surface area (Å²) in [4.78, 5) is 16.9. The van der Waals surface area contributed by atoms with Crippen LogP contribution in [0.1, 0.15) is 11.3 Å². The fraction of sp³-hybridized carbons (Fsp3) is 0.105. The molecule has 0 aliphatic rings. The SMILES string of the molecule is Cc1[nH]c2ccccc2c1CC(=O)O.c1ccc2[nH]ccc2c1. The molecule has 0 saturated carbocycles. The lowest BCUT2D eigenvalue weighted by molar-refractivity contribution is -0.136. The Labute approximate surface area is 133 Å². The van der Waals surface area contributed by atoms with Gasteiger partial charge in [0.05, 0.1) is 6.42 Å². The molecule has 0 amide bonds. The van der Waals surface area contributed by atoms with Gasteiger partial charge in [0.1, 0.15) is 0 Å². The minimum absolute atomic E-state index is 0.0792. The normalized spacial score (nSPS) is 10.5. The fourth-order valence-electron chi connectivity index (χ4n) is 2.71. The van der Waals surface area contributed by atoms with Crippen LogP contribution in [0.4, 0.5) is 0 Å². The lowest BCUT2D eigenvalue weighted by Crippen LogP contribution is -2.00. The summed E-state index contributed by atoms with van der Waals surface area (Å²) in [6.07, 6.45) is 2.03. The van der Waals surface area contributed by atoms with Crippen molar-refractivity contribution in [2.45, 2.75) is 13.3 Å². The second-order valence-corrected chi connectivity index (χ2v) is 5.41. The summed E-state index contributed by atoms with van der Waals surface area (Å²) < 4.78 is 0. The van der Waals surface area contributed by atoms with Crippen LogP contribution in [-0.4, -0.2) is 21.0 Å². The van der Waals surface area contributed by atoms with E-state index in [0.29, 0.717) is 0 Å². The van der Waals surface area contributed by atoms with Gasteiger partial charge >= 0.3 is 5.97 Å². The van der Waals surface area contributed by atoms with Crippen LogP contribution >= 0.6 is 0 Å². The van der Waals surface area contributed by atoms with Gasteiger partial charge in [-0.2, -0.15) is 0 Å². The van der Waals surface area contributed by atoms with E-state index >= 15 is 0 Å². The highest BCUT2D eigenvalue weighted by Gasteiger charge is 2.10. The van der Waals surface area contributed by atoms with E-state index in [9.17, 15) is 4.79 Å². The van der Waals surface area contributed by atoms with Gasteiger partial charge < -0.3 is 15.1 Å². The van der Waals surface area contributed by atoms with Gasteiger partial charge in [-0.15, -0.1) is 0 Å². The molecule has 0 saturated heterocycles. The number of carboxylic acid groups (broad SMARTS) is 1. The van der Waals surface area contributed by atoms with Gasteiger partial charge in [-0.05, 0) is 36.1 Å². The first-order valence-electron chi connectivity index (χ1n) is 7.45. The molecule has 2 heterocycles. The van der Waals surface area contributed by atoms with Crippen molar-refractivity contribution in [3.8, 4) is 0 Å². The standard InChI is InChI=1S/C11H11NO2.C8H7N/c1-7-9(6-11(13)14)8-4-2-3-5-10(8)12-7;1-2-4-8-7(3-1)5-6-9-8/h2-5,12H,6H2,1H3,(H,13,14);1-6,9H. The molecule has 0 bridgehead atoms. The van der Waals surface area contributed by atoms with Gasteiger partial charge in [-0.3, -0.25) is 4.79 Å². The third kappa shape index (κ3) is 3.26. The number of aryl methyl sites for hydroxylation is 1. The van der Waals surface area contributed by atoms with Crippen molar-refractivity contribution in [3.63, 3.8) is 0 Å². The van der Waals surface area contributed by atoms with Gasteiger partial charge in [0, 0.05) is 28.3 Å². The molecule has 2 aromatic heterocycles. The van der Waals surface area contributed by atoms with Crippen molar-refractivity contribution in [2.24, 2.45) is 0 Å². The topological polar surface area (TPSA) is 68.9 Å². The van der Waals surface area contributed by atoms with E-state index in [2.05, 4.69) is 28.2 Å². The molecule has 116 valence electrons. The van der Waals surface area contributed by atoms with Gasteiger partial charge in [0.25, 0.3) is 0 Å². The Hall–Kier alpha value is -3.01. The Bertz CT molecular complexity index is 920. The lowest BCUT2D eigenvalue weighted by atomic mass is 10.1. The monoisotopic (exact) mass is 306 g/mol. The second-order valence-electron chi connectivity index (χ2n) is 5.41. The van der Waals surface area contributed by atoms with Gasteiger partial charge in [0.2, 0.25) is 0 Å². The molecule has 0 atom stereocenters. The molecule has 2 aromatic carbocycles. The van der Waals surface area contributed by atoms with E-state index in [1.807, 2.05) is 49.5 Å². The minimum atomic E-state index is -0.794. The Morgan fingerprint density at radius 2 is 1.70 bits per heavy atom. The van der Waals surface area contributed by atoms with Crippen LogP contribution in [0.25, 0.3) is 21.8 Å². The summed E-state index contributed by atoms with van der Waals surface area (Å²) in [7, 11) is 0. The number of rotatable bonds is 2. The smallest absolute Gasteiger partial charge is 0.307 e. The zero-order valence-corrected chi connectivity index (χ0v) is 12.8. The summed E-state index contributed by atoms with van der Waals surface area (Å²) in [5, 5.41) is 11.0. The van der Waals surface area contributed by atoms with E-state index in [1.165, 1.54) is 10.9 Å². The van der Waals surface area contributed by atoms with Crippen molar-refractivity contribution < 1.29 is 9.90 Å². The minimum Gasteiger partial charge on any atom is -0.481 e. The first kappa shape index (κ1) is 14.9. The first-order chi connectivity index (χ1) is 11.1. The molecule has 0 fully saturated rings. The predicted molar refractivity (Wildman–Crippen MR) is 92.7 cm³/mol. The summed E-state index contributed by atoms with van der Waals surface area (Å²) in [5.41, 5.74) is 4.03. The third-order valence-corrected chi connectivity index (χ3v) is 3.82. The second kappa shape index (κ2) is 6.40. The Morgan fingerprint density at radius 3 is 2.43 bits per heavy atom. The molecule has 0 unspecified atom stereocenters. The number of hydrogen-bond acceptors (Lipinski definition) is 1. The number of benzene rings is 2. The summed E-state index contributed by atoms with van der Waals surface area (Å²) in [6.45, 7) is 1.90. The number of H-pyrrole nitrogens is 2. The molecular weight excluding hydrogens is 288 g/mol. The number of aromatic amines is 2. The molecule has 4 rings (SSSR count). The number of aromatic nitrogens is 2. The van der Waals surface area contributed by atoms with Crippen molar-refractivity contribution in [2.75, 3.05) is 0 Å². The molecule has 4 aromatic rings. The Kier molecular flexibility index (Phi) is 4.15. The summed E-state index contributed by atoms with van der Waals surface area (Å²) in [5.74, 6) is -0.794. The van der Waals surface area contributed by atoms with E-state index < -0.39 is 5.97 Å². The molecular formula is C19H18N2O2. The number of nitrogens with one attached hydrogen (secondary N) is 2. The van der Waals surface area contributed by atoms with E-state index in [0.717, 1.165) is 22.2 Å². The van der Waals surface area contributed by atoms with Crippen molar-refractivity contribution in [3.05, 3.63) is 72.1 Å². The van der Waals surface area contributed by atoms with Gasteiger partial charge in [-0.25, -0.2) is 0 Å². The summed E-state index contributed by atoms with van der Waals surface area (Å²) >= 11 is 0. The highest BCUT2D eigenvalue weighted by Crippen LogP contribution is 2.22. The van der Waals surface area contributed by atoms with Crippen molar-refractivity contribution in [1.29, 1.82) is 0 Å². The molecule has 0 radical (unpaired) electrons. The van der Waals surface area contributed by atoms with Crippen LogP contribution in [-0.2, 0) is 11.2 Å². The maximum absolute atomic E-state index is 10.6. The maximum atomic E-state index is 10.6. The quantitative estimate of drug-likeness (QED) is 0.517. The molecule has 0 aliphatic carbocycles. The predicted octanol–water partition coefficient (Wildman–Crippen LogP) is 4.27. The van der Waals surface area contributed by atoms with Crippen molar-refractivity contribution in [1.82, 2.24) is 9.97 Å². The zero-order chi connectivity index (χ0) is 16.2. The number of aliphatic carboxylic acids is 1. The Morgan fingerprint density at radius 1 is 1.00 bits per heavy atom. The van der Waals surface area contributed by atoms with E-state index in [4.69, 9.17) is 5.11 Å². The average molecular weight is 306 g/mol. The average Bonchev–Trinajstić information content (AvgIpc) is 3.13. The van der Waals surface area contributed by atoms with Crippen LogP contribution in [0.3, 0.4) is 0 Å². The van der Waals surface area contributed by atoms with Crippen LogP contribution < -0.4 is 0 Å². The number of carboxylic acids is 1. The van der Waals surface area contributed by atoms with Crippen LogP contribution in [0.2, 0.25) is 0 Å². The molecule has 0 aliphatic heterocycles. The van der Waals surface area contributed by atoms with E-state index in [1.54, 1.807) is 0 Å². The first-order valence-corrected chi connectivity index (χ1v) is 7.45. The highest BCUT2D eigenvalue weighted by atomic mass is 16.4. The zero-order valence-electron chi connectivity index (χ0n) is 12.8. The number of fused-ring (bicyclic) bond motifs is 2. The maximum Gasteiger partial charge on any atom is 0.307 e. The van der Waals surface area contributed by atoms with Crippen LogP contribution in [0.15, 0.2) is 60.8 Å². The summed E-state index contributed by atoms with van der Waals surface area (Å²) in [6, 6.07) is 18.0.